The Morgan fingerprint density at radius 3 is 2.81 bits per heavy atom. The van der Waals surface area contributed by atoms with Gasteiger partial charge in [0.2, 0.25) is 0 Å². The summed E-state index contributed by atoms with van der Waals surface area (Å²) in [5.74, 6) is -0.0246. The molecule has 2 heterocycles. The van der Waals surface area contributed by atoms with Crippen LogP contribution in [0.5, 0.6) is 0 Å². The van der Waals surface area contributed by atoms with Gasteiger partial charge in [-0.2, -0.15) is 0 Å². The maximum Gasteiger partial charge on any atom is 0.183 e. The van der Waals surface area contributed by atoms with Crippen molar-refractivity contribution in [3.05, 3.63) is 54.4 Å². The molecule has 3 aromatic rings. The van der Waals surface area contributed by atoms with Crippen LogP contribution in [0.4, 0.5) is 5.13 Å². The minimum Gasteiger partial charge on any atom is -0.390 e. The monoisotopic (exact) mass is 370 g/mol. The molecule has 0 saturated heterocycles. The Kier molecular flexibility index (Phi) is 5.12. The van der Waals surface area contributed by atoms with E-state index < -0.39 is 12.2 Å². The maximum absolute atomic E-state index is 10.4. The standard InChI is InChI=1S/C19H22N4O2S/c24-17-13(11-22-19-23-14-5-1-2-6-16(14)26-19)8-15(18(17)25)21-10-12-4-3-7-20-9-12/h1-7,9,13,15,17-18,21,24-25H,8,10-11H2,(H,22,23)/t13-,15-,17-,18+/m1/s1. The van der Waals surface area contributed by atoms with Crippen molar-refractivity contribution in [2.24, 2.45) is 5.92 Å². The molecule has 26 heavy (non-hydrogen) atoms. The van der Waals surface area contributed by atoms with Crippen molar-refractivity contribution >= 4 is 26.7 Å². The van der Waals surface area contributed by atoms with Crippen molar-refractivity contribution in [1.29, 1.82) is 0 Å². The largest absolute Gasteiger partial charge is 0.390 e. The Balaban J connectivity index is 1.33. The summed E-state index contributed by atoms with van der Waals surface area (Å²) in [5, 5.41) is 28.2. The molecule has 4 rings (SSSR count). The van der Waals surface area contributed by atoms with Crippen molar-refractivity contribution in [3.63, 3.8) is 0 Å². The summed E-state index contributed by atoms with van der Waals surface area (Å²) >= 11 is 1.60. The van der Waals surface area contributed by atoms with Crippen LogP contribution < -0.4 is 10.6 Å². The Hall–Kier alpha value is -2.06. The molecule has 1 saturated carbocycles. The molecular weight excluding hydrogens is 348 g/mol. The first-order valence-corrected chi connectivity index (χ1v) is 9.60. The fourth-order valence-corrected chi connectivity index (χ4v) is 4.32. The van der Waals surface area contributed by atoms with E-state index in [0.717, 1.165) is 20.9 Å². The van der Waals surface area contributed by atoms with E-state index in [2.05, 4.69) is 20.6 Å². The molecule has 1 aliphatic rings. The van der Waals surface area contributed by atoms with Crippen LogP contribution in [-0.2, 0) is 6.54 Å². The van der Waals surface area contributed by atoms with E-state index in [1.165, 1.54) is 0 Å². The molecule has 6 nitrogen and oxygen atoms in total. The van der Waals surface area contributed by atoms with Gasteiger partial charge >= 0.3 is 0 Å². The number of fused-ring (bicyclic) bond motifs is 1. The first-order valence-electron chi connectivity index (χ1n) is 8.78. The number of pyridine rings is 1. The molecule has 1 aliphatic carbocycles. The molecule has 0 amide bonds. The van der Waals surface area contributed by atoms with Crippen molar-refractivity contribution in [3.8, 4) is 0 Å². The zero-order valence-electron chi connectivity index (χ0n) is 14.2. The number of thiazole rings is 1. The number of hydrogen-bond acceptors (Lipinski definition) is 7. The van der Waals surface area contributed by atoms with Gasteiger partial charge in [-0.25, -0.2) is 4.98 Å². The van der Waals surface area contributed by atoms with Gasteiger partial charge in [0.05, 0.1) is 22.4 Å². The topological polar surface area (TPSA) is 90.3 Å². The second kappa shape index (κ2) is 7.67. The normalized spacial score (nSPS) is 25.6. The summed E-state index contributed by atoms with van der Waals surface area (Å²) in [4.78, 5) is 8.65. The lowest BCUT2D eigenvalue weighted by molar-refractivity contribution is 0.0132. The first-order chi connectivity index (χ1) is 12.7. The SMILES string of the molecule is O[C@@H]1[C@@H](CNc2nc3ccccc3s2)C[C@@H](NCc2cccnc2)[C@@H]1O. The van der Waals surface area contributed by atoms with Gasteiger partial charge < -0.3 is 20.8 Å². The lowest BCUT2D eigenvalue weighted by atomic mass is 10.1. The van der Waals surface area contributed by atoms with Gasteiger partial charge in [0.15, 0.2) is 5.13 Å². The van der Waals surface area contributed by atoms with Gasteiger partial charge in [0.1, 0.15) is 0 Å². The summed E-state index contributed by atoms with van der Waals surface area (Å²) in [7, 11) is 0. The average molecular weight is 370 g/mol. The number of benzene rings is 1. The lowest BCUT2D eigenvalue weighted by Gasteiger charge is -2.18. The van der Waals surface area contributed by atoms with Crippen LogP contribution >= 0.6 is 11.3 Å². The van der Waals surface area contributed by atoms with E-state index in [9.17, 15) is 10.2 Å². The van der Waals surface area contributed by atoms with Crippen molar-refractivity contribution in [2.45, 2.75) is 31.2 Å². The molecule has 0 spiro atoms. The Labute approximate surface area is 155 Å². The quantitative estimate of drug-likeness (QED) is 0.531. The van der Waals surface area contributed by atoms with E-state index in [0.29, 0.717) is 19.5 Å². The van der Waals surface area contributed by atoms with Gasteiger partial charge in [0, 0.05) is 37.4 Å². The number of nitrogens with one attached hydrogen (secondary N) is 2. The third-order valence-electron chi connectivity index (χ3n) is 4.90. The molecule has 7 heteroatoms. The molecular formula is C19H22N4O2S. The van der Waals surface area contributed by atoms with Crippen LogP contribution in [0.3, 0.4) is 0 Å². The second-order valence-electron chi connectivity index (χ2n) is 6.69. The van der Waals surface area contributed by atoms with E-state index in [-0.39, 0.29) is 12.0 Å². The van der Waals surface area contributed by atoms with Crippen LogP contribution in [0.2, 0.25) is 0 Å². The van der Waals surface area contributed by atoms with Gasteiger partial charge in [0.25, 0.3) is 0 Å². The van der Waals surface area contributed by atoms with Crippen molar-refractivity contribution in [1.82, 2.24) is 15.3 Å². The highest BCUT2D eigenvalue weighted by Gasteiger charge is 2.40. The highest BCUT2D eigenvalue weighted by molar-refractivity contribution is 7.22. The number of rotatable bonds is 6. The molecule has 0 aliphatic heterocycles. The third kappa shape index (κ3) is 3.71. The van der Waals surface area contributed by atoms with E-state index in [4.69, 9.17) is 0 Å². The fourth-order valence-electron chi connectivity index (χ4n) is 3.45. The predicted molar refractivity (Wildman–Crippen MR) is 103 cm³/mol. The van der Waals surface area contributed by atoms with E-state index in [1.807, 2.05) is 36.4 Å². The first kappa shape index (κ1) is 17.4. The minimum absolute atomic E-state index is 0.0246. The number of para-hydroxylation sites is 1. The molecule has 1 aromatic carbocycles. The number of nitrogens with zero attached hydrogens (tertiary/aromatic N) is 2. The van der Waals surface area contributed by atoms with Crippen molar-refractivity contribution in [2.75, 3.05) is 11.9 Å². The molecule has 1 fully saturated rings. The number of aliphatic hydroxyl groups excluding tert-OH is 2. The summed E-state index contributed by atoms with van der Waals surface area (Å²) in [5.41, 5.74) is 2.04. The van der Waals surface area contributed by atoms with E-state index >= 15 is 0 Å². The number of aromatic nitrogens is 2. The zero-order chi connectivity index (χ0) is 17.9. The van der Waals surface area contributed by atoms with Crippen LogP contribution in [-0.4, -0.2) is 45.0 Å². The van der Waals surface area contributed by atoms with Gasteiger partial charge in [-0.3, -0.25) is 4.98 Å². The summed E-state index contributed by atoms with van der Waals surface area (Å²) in [6, 6.07) is 11.8. The van der Waals surface area contributed by atoms with Gasteiger partial charge in [-0.1, -0.05) is 29.5 Å². The molecule has 0 radical (unpaired) electrons. The van der Waals surface area contributed by atoms with Crippen LogP contribution in [0.15, 0.2) is 48.8 Å². The van der Waals surface area contributed by atoms with Gasteiger partial charge in [-0.15, -0.1) is 0 Å². The highest BCUT2D eigenvalue weighted by atomic mass is 32.1. The smallest absolute Gasteiger partial charge is 0.183 e. The average Bonchev–Trinajstić information content (AvgIpc) is 3.21. The van der Waals surface area contributed by atoms with E-state index in [1.54, 1.807) is 23.7 Å². The Morgan fingerprint density at radius 1 is 1.12 bits per heavy atom. The molecule has 4 N–H and O–H groups in total. The minimum atomic E-state index is -0.770. The van der Waals surface area contributed by atoms with Crippen LogP contribution in [0.25, 0.3) is 10.2 Å². The van der Waals surface area contributed by atoms with Crippen LogP contribution in [0.1, 0.15) is 12.0 Å². The second-order valence-corrected chi connectivity index (χ2v) is 7.72. The molecule has 4 atom stereocenters. The summed E-state index contributed by atoms with van der Waals surface area (Å²) in [6.07, 6.45) is 2.73. The fraction of sp³-hybridized carbons (Fsp3) is 0.368. The van der Waals surface area contributed by atoms with Gasteiger partial charge in [-0.05, 0) is 30.2 Å². The molecule has 136 valence electrons. The maximum atomic E-state index is 10.4. The molecule has 2 aromatic heterocycles. The molecule has 0 unspecified atom stereocenters. The van der Waals surface area contributed by atoms with Crippen molar-refractivity contribution < 1.29 is 10.2 Å². The Morgan fingerprint density at radius 2 is 2.00 bits per heavy atom. The lowest BCUT2D eigenvalue weighted by Crippen LogP contribution is -2.39. The Bertz CT molecular complexity index is 824. The number of anilines is 1. The predicted octanol–water partition coefficient (Wildman–Crippen LogP) is 2.00. The molecule has 0 bridgehead atoms. The zero-order valence-corrected chi connectivity index (χ0v) is 15.1. The number of hydrogen-bond donors (Lipinski definition) is 4. The number of aliphatic hydroxyl groups is 2. The van der Waals surface area contributed by atoms with Crippen LogP contribution in [0, 0.1) is 5.92 Å². The highest BCUT2D eigenvalue weighted by Crippen LogP contribution is 2.29. The summed E-state index contributed by atoms with van der Waals surface area (Å²) < 4.78 is 1.14. The third-order valence-corrected chi connectivity index (χ3v) is 5.90. The summed E-state index contributed by atoms with van der Waals surface area (Å²) in [6.45, 7) is 1.21.